The van der Waals surface area contributed by atoms with Gasteiger partial charge >= 0.3 is 6.61 Å². The normalized spacial score (nSPS) is 11.6. The van der Waals surface area contributed by atoms with Crippen LogP contribution >= 0.6 is 11.6 Å². The maximum absolute atomic E-state index is 13.2. The van der Waals surface area contributed by atoms with Crippen molar-refractivity contribution in [3.8, 4) is 23.1 Å². The largest absolute Gasteiger partial charge is 0.434 e. The van der Waals surface area contributed by atoms with E-state index in [0.717, 1.165) is 12.1 Å². The Hall–Kier alpha value is -3.86. The number of hydrogen-bond donors (Lipinski definition) is 1. The monoisotopic (exact) mass is 559 g/mol. The third kappa shape index (κ3) is 6.33. The van der Waals surface area contributed by atoms with Crippen molar-refractivity contribution in [1.29, 1.82) is 5.26 Å². The summed E-state index contributed by atoms with van der Waals surface area (Å²) in [5.74, 6) is -0.866. The van der Waals surface area contributed by atoms with Gasteiger partial charge in [-0.05, 0) is 18.2 Å². The molecule has 198 valence electrons. The summed E-state index contributed by atoms with van der Waals surface area (Å²) in [6.45, 7) is 4.08. The minimum Gasteiger partial charge on any atom is -0.434 e. The first-order chi connectivity index (χ1) is 18.1. The summed E-state index contributed by atoms with van der Waals surface area (Å²) in [4.78, 5) is 17.4. The van der Waals surface area contributed by atoms with Gasteiger partial charge in [0.05, 0.1) is 28.7 Å². The molecule has 0 fully saturated rings. The first-order valence-electron chi connectivity index (χ1n) is 11.5. The van der Waals surface area contributed by atoms with Crippen LogP contribution in [0, 0.1) is 11.3 Å². The van der Waals surface area contributed by atoms with Gasteiger partial charge in [0.25, 0.3) is 5.91 Å². The number of ether oxygens (including phenoxy) is 2. The molecule has 4 rings (SSSR count). The zero-order chi connectivity index (χ0) is 27.4. The van der Waals surface area contributed by atoms with Crippen molar-refractivity contribution >= 4 is 36.9 Å². The Morgan fingerprint density at radius 3 is 2.82 bits per heavy atom. The predicted molar refractivity (Wildman–Crippen MR) is 139 cm³/mol. The van der Waals surface area contributed by atoms with Crippen molar-refractivity contribution in [2.45, 2.75) is 39.0 Å². The molecule has 4 aromatic rings. The van der Waals surface area contributed by atoms with Crippen LogP contribution in [0.2, 0.25) is 30.7 Å². The van der Waals surface area contributed by atoms with E-state index in [0.29, 0.717) is 12.3 Å². The molecule has 0 atom stereocenters. The van der Waals surface area contributed by atoms with Crippen molar-refractivity contribution in [2.24, 2.45) is 0 Å². The highest BCUT2D eigenvalue weighted by molar-refractivity contribution is 6.76. The fourth-order valence-corrected chi connectivity index (χ4v) is 4.47. The molecule has 10 nitrogen and oxygen atoms in total. The van der Waals surface area contributed by atoms with Gasteiger partial charge in [-0.25, -0.2) is 14.2 Å². The van der Waals surface area contributed by atoms with Gasteiger partial charge in [-0.15, -0.1) is 0 Å². The molecular formula is C24H24ClF2N7O3Si. The van der Waals surface area contributed by atoms with E-state index in [1.165, 1.54) is 33.9 Å². The maximum Gasteiger partial charge on any atom is 0.387 e. The topological polar surface area (TPSA) is 119 Å². The summed E-state index contributed by atoms with van der Waals surface area (Å²) in [6, 6.07) is 6.84. The van der Waals surface area contributed by atoms with Gasteiger partial charge in [0.2, 0.25) is 0 Å². The van der Waals surface area contributed by atoms with E-state index < -0.39 is 20.6 Å². The lowest BCUT2D eigenvalue weighted by molar-refractivity contribution is -0.0494. The number of rotatable bonds is 10. The SMILES string of the molecule is C[Si](C)(C)CCOCn1cc(NC(=O)c2cnn3cccnc23)c(-c2cc(Cl)c(C#N)cc2OC(F)F)n1. The third-order valence-corrected chi connectivity index (χ3v) is 7.43. The number of hydrogen-bond acceptors (Lipinski definition) is 7. The maximum atomic E-state index is 13.2. The lowest BCUT2D eigenvalue weighted by Crippen LogP contribution is -2.22. The number of amides is 1. The highest BCUT2D eigenvalue weighted by Gasteiger charge is 2.23. The van der Waals surface area contributed by atoms with E-state index in [1.807, 2.05) is 6.07 Å². The smallest absolute Gasteiger partial charge is 0.387 e. The van der Waals surface area contributed by atoms with Crippen LogP contribution in [0.1, 0.15) is 15.9 Å². The Labute approximate surface area is 222 Å². The average Bonchev–Trinajstić information content (AvgIpc) is 3.46. The number of nitrogens with zero attached hydrogens (tertiary/aromatic N) is 6. The van der Waals surface area contributed by atoms with E-state index in [9.17, 15) is 18.8 Å². The van der Waals surface area contributed by atoms with Crippen LogP contribution in [0.3, 0.4) is 0 Å². The molecule has 1 N–H and O–H groups in total. The van der Waals surface area contributed by atoms with Crippen LogP contribution < -0.4 is 10.1 Å². The number of carbonyl (C=O) groups excluding carboxylic acids is 1. The second-order valence-corrected chi connectivity index (χ2v) is 15.5. The van der Waals surface area contributed by atoms with E-state index in [1.54, 1.807) is 12.3 Å². The van der Waals surface area contributed by atoms with Crippen LogP contribution in [0.5, 0.6) is 5.75 Å². The number of halogens is 3. The molecule has 0 unspecified atom stereocenters. The number of carbonyl (C=O) groups is 1. The number of nitriles is 1. The van der Waals surface area contributed by atoms with Gasteiger partial charge in [-0.2, -0.15) is 24.2 Å². The molecule has 0 aliphatic heterocycles. The summed E-state index contributed by atoms with van der Waals surface area (Å²) in [6.07, 6.45) is 6.05. The quantitative estimate of drug-likeness (QED) is 0.207. The van der Waals surface area contributed by atoms with Gasteiger partial charge in [-0.3, -0.25) is 4.79 Å². The third-order valence-electron chi connectivity index (χ3n) is 5.41. The highest BCUT2D eigenvalue weighted by Crippen LogP contribution is 2.38. The standard InChI is InChI=1S/C24H24ClF2N7O3Si/c1-38(2,3)8-7-36-14-33-13-19(31-23(35)17-12-30-34-6-4-5-29-22(17)34)21(32-33)16-10-18(25)15(11-28)9-20(16)37-24(26)27/h4-6,9-10,12-13,24H,7-8,14H2,1-3H3,(H,31,35). The summed E-state index contributed by atoms with van der Waals surface area (Å²) >= 11 is 6.22. The number of aromatic nitrogens is 5. The number of alkyl halides is 2. The molecule has 0 saturated heterocycles. The van der Waals surface area contributed by atoms with Gasteiger partial charge in [0, 0.05) is 38.7 Å². The van der Waals surface area contributed by atoms with Crippen molar-refractivity contribution in [1.82, 2.24) is 24.4 Å². The zero-order valence-corrected chi connectivity index (χ0v) is 22.5. The van der Waals surface area contributed by atoms with Crippen LogP contribution in [-0.2, 0) is 11.5 Å². The molecule has 3 aromatic heterocycles. The number of fused-ring (bicyclic) bond motifs is 1. The molecule has 0 aliphatic carbocycles. The van der Waals surface area contributed by atoms with Gasteiger partial charge < -0.3 is 14.8 Å². The molecule has 3 heterocycles. The lowest BCUT2D eigenvalue weighted by atomic mass is 10.1. The Balaban J connectivity index is 1.72. The highest BCUT2D eigenvalue weighted by atomic mass is 35.5. The summed E-state index contributed by atoms with van der Waals surface area (Å²) in [5, 5.41) is 20.6. The Morgan fingerprint density at radius 2 is 2.11 bits per heavy atom. The second kappa shape index (κ2) is 11.3. The molecule has 0 radical (unpaired) electrons. The Bertz CT molecular complexity index is 1510. The first kappa shape index (κ1) is 27.2. The molecule has 0 aliphatic rings. The summed E-state index contributed by atoms with van der Waals surface area (Å²) in [5.41, 5.74) is 0.804. The number of benzene rings is 1. The molecule has 1 amide bonds. The van der Waals surface area contributed by atoms with Crippen LogP contribution in [0.25, 0.3) is 16.9 Å². The fourth-order valence-electron chi connectivity index (χ4n) is 3.51. The zero-order valence-electron chi connectivity index (χ0n) is 20.8. The van der Waals surface area contributed by atoms with E-state index >= 15 is 0 Å². The van der Waals surface area contributed by atoms with Crippen molar-refractivity contribution in [2.75, 3.05) is 11.9 Å². The Kier molecular flexibility index (Phi) is 8.05. The van der Waals surface area contributed by atoms with Crippen LogP contribution in [-0.4, -0.2) is 51.6 Å². The van der Waals surface area contributed by atoms with E-state index in [4.69, 9.17) is 16.3 Å². The predicted octanol–water partition coefficient (Wildman–Crippen LogP) is 5.28. The molecule has 38 heavy (non-hydrogen) atoms. The molecule has 0 bridgehead atoms. The van der Waals surface area contributed by atoms with Crippen molar-refractivity contribution in [3.05, 3.63) is 59.1 Å². The van der Waals surface area contributed by atoms with Crippen LogP contribution in [0.4, 0.5) is 14.5 Å². The molecule has 14 heteroatoms. The number of nitrogens with one attached hydrogen (secondary N) is 1. The number of anilines is 1. The van der Waals surface area contributed by atoms with Gasteiger partial charge in [0.1, 0.15) is 29.8 Å². The van der Waals surface area contributed by atoms with E-state index in [-0.39, 0.29) is 45.6 Å². The summed E-state index contributed by atoms with van der Waals surface area (Å²) in [7, 11) is -1.32. The summed E-state index contributed by atoms with van der Waals surface area (Å²) < 4.78 is 39.8. The molecule has 1 aromatic carbocycles. The van der Waals surface area contributed by atoms with Crippen LogP contribution in [0.15, 0.2) is 43.0 Å². The fraction of sp³-hybridized carbons (Fsp3) is 0.292. The lowest BCUT2D eigenvalue weighted by Gasteiger charge is -2.15. The van der Waals surface area contributed by atoms with Crippen molar-refractivity contribution < 1.29 is 23.0 Å². The second-order valence-electron chi connectivity index (χ2n) is 9.50. The van der Waals surface area contributed by atoms with Crippen molar-refractivity contribution in [3.63, 3.8) is 0 Å². The average molecular weight is 560 g/mol. The molecule has 0 saturated carbocycles. The van der Waals surface area contributed by atoms with Gasteiger partial charge in [-0.1, -0.05) is 31.2 Å². The Morgan fingerprint density at radius 1 is 1.32 bits per heavy atom. The van der Waals surface area contributed by atoms with E-state index in [2.05, 4.69) is 44.9 Å². The first-order valence-corrected chi connectivity index (χ1v) is 15.6. The minimum atomic E-state index is -3.17. The van der Waals surface area contributed by atoms with Gasteiger partial charge in [0.15, 0.2) is 5.65 Å². The minimum absolute atomic E-state index is 0.00848. The molecular weight excluding hydrogens is 536 g/mol. The molecule has 0 spiro atoms.